The number of carbonyl (C=O) groups is 2. The standard InChI is InChI=1S/C16H13BrO3/c1-20-15(19)16(17,13-10-6-3-7-11-13)14(18)12-8-4-2-5-9-12/h2-11H,1H3. The van der Waals surface area contributed by atoms with Crippen LogP contribution in [0.15, 0.2) is 60.7 Å². The van der Waals surface area contributed by atoms with Crippen LogP contribution in [0.2, 0.25) is 0 Å². The predicted octanol–water partition coefficient (Wildman–Crippen LogP) is 3.33. The molecule has 0 aliphatic rings. The molecule has 1 unspecified atom stereocenters. The second-order valence-electron chi connectivity index (χ2n) is 4.21. The van der Waals surface area contributed by atoms with E-state index in [1.807, 2.05) is 12.1 Å². The van der Waals surface area contributed by atoms with Crippen LogP contribution in [-0.4, -0.2) is 18.9 Å². The Labute approximate surface area is 125 Å². The summed E-state index contributed by atoms with van der Waals surface area (Å²) in [5.74, 6) is -0.992. The van der Waals surface area contributed by atoms with Crippen molar-refractivity contribution in [3.05, 3.63) is 71.8 Å². The van der Waals surface area contributed by atoms with Crippen molar-refractivity contribution in [2.24, 2.45) is 0 Å². The monoisotopic (exact) mass is 332 g/mol. The predicted molar refractivity (Wildman–Crippen MR) is 79.8 cm³/mol. The van der Waals surface area contributed by atoms with Gasteiger partial charge in [-0.15, -0.1) is 0 Å². The van der Waals surface area contributed by atoms with Gasteiger partial charge in [0.2, 0.25) is 4.32 Å². The quantitative estimate of drug-likeness (QED) is 0.373. The Bertz CT molecular complexity index is 610. The number of halogens is 1. The Hall–Kier alpha value is -1.94. The van der Waals surface area contributed by atoms with Crippen LogP contribution in [0.3, 0.4) is 0 Å². The molecule has 20 heavy (non-hydrogen) atoms. The molecular weight excluding hydrogens is 320 g/mol. The Balaban J connectivity index is 2.54. The molecule has 0 spiro atoms. The summed E-state index contributed by atoms with van der Waals surface area (Å²) >= 11 is 3.30. The van der Waals surface area contributed by atoms with Crippen LogP contribution in [0.5, 0.6) is 0 Å². The van der Waals surface area contributed by atoms with Crippen molar-refractivity contribution < 1.29 is 14.3 Å². The van der Waals surface area contributed by atoms with Crippen LogP contribution >= 0.6 is 15.9 Å². The average molecular weight is 333 g/mol. The Morgan fingerprint density at radius 3 is 1.95 bits per heavy atom. The number of ketones is 1. The van der Waals surface area contributed by atoms with E-state index in [1.54, 1.807) is 48.5 Å². The van der Waals surface area contributed by atoms with Crippen molar-refractivity contribution in [1.29, 1.82) is 0 Å². The van der Waals surface area contributed by atoms with Gasteiger partial charge in [-0.1, -0.05) is 76.6 Å². The SMILES string of the molecule is COC(=O)C(Br)(C(=O)c1ccccc1)c1ccccc1. The summed E-state index contributed by atoms with van der Waals surface area (Å²) in [4.78, 5) is 24.9. The van der Waals surface area contributed by atoms with Crippen molar-refractivity contribution in [3.63, 3.8) is 0 Å². The number of hydrogen-bond donors (Lipinski definition) is 0. The normalized spacial score (nSPS) is 13.3. The second kappa shape index (κ2) is 6.01. The largest absolute Gasteiger partial charge is 0.467 e. The highest BCUT2D eigenvalue weighted by Gasteiger charge is 2.46. The summed E-state index contributed by atoms with van der Waals surface area (Å²) in [7, 11) is 1.26. The first-order valence-electron chi connectivity index (χ1n) is 6.03. The van der Waals surface area contributed by atoms with Gasteiger partial charge in [0, 0.05) is 5.56 Å². The number of methoxy groups -OCH3 is 1. The molecular formula is C16H13BrO3. The third kappa shape index (κ3) is 2.51. The van der Waals surface area contributed by atoms with Crippen LogP contribution in [0.1, 0.15) is 15.9 Å². The van der Waals surface area contributed by atoms with Gasteiger partial charge in [0.1, 0.15) is 0 Å². The fourth-order valence-electron chi connectivity index (χ4n) is 1.94. The zero-order valence-electron chi connectivity index (χ0n) is 10.9. The summed E-state index contributed by atoms with van der Waals surface area (Å²) in [5, 5.41) is 0. The molecule has 0 heterocycles. The van der Waals surface area contributed by atoms with Crippen LogP contribution in [-0.2, 0) is 13.9 Å². The molecule has 0 amide bonds. The topological polar surface area (TPSA) is 43.4 Å². The molecule has 102 valence electrons. The number of rotatable bonds is 4. The van der Waals surface area contributed by atoms with Crippen molar-refractivity contribution in [2.45, 2.75) is 4.32 Å². The maximum Gasteiger partial charge on any atom is 0.335 e. The van der Waals surface area contributed by atoms with Gasteiger partial charge in [0.15, 0.2) is 5.78 Å². The molecule has 0 aliphatic heterocycles. The van der Waals surface area contributed by atoms with Gasteiger partial charge in [-0.2, -0.15) is 0 Å². The van der Waals surface area contributed by atoms with Gasteiger partial charge in [0.05, 0.1) is 7.11 Å². The van der Waals surface area contributed by atoms with Crippen LogP contribution < -0.4 is 0 Å². The lowest BCUT2D eigenvalue weighted by Crippen LogP contribution is -2.39. The summed E-state index contributed by atoms with van der Waals surface area (Å²) < 4.78 is 3.28. The summed E-state index contributed by atoms with van der Waals surface area (Å²) in [6, 6.07) is 17.5. The van der Waals surface area contributed by atoms with Gasteiger partial charge < -0.3 is 4.74 Å². The third-order valence-corrected chi connectivity index (χ3v) is 4.13. The molecule has 0 fully saturated rings. The fraction of sp³-hybridized carbons (Fsp3) is 0.125. The van der Waals surface area contributed by atoms with Gasteiger partial charge in [-0.3, -0.25) is 4.79 Å². The van der Waals surface area contributed by atoms with Crippen LogP contribution in [0.25, 0.3) is 0 Å². The second-order valence-corrected chi connectivity index (χ2v) is 5.40. The molecule has 0 saturated carbocycles. The highest BCUT2D eigenvalue weighted by Crippen LogP contribution is 2.36. The van der Waals surface area contributed by atoms with E-state index in [0.29, 0.717) is 11.1 Å². The molecule has 4 heteroatoms. The molecule has 3 nitrogen and oxygen atoms in total. The molecule has 1 atom stereocenters. The molecule has 2 rings (SSSR count). The maximum absolute atomic E-state index is 12.7. The van der Waals surface area contributed by atoms with Crippen molar-refractivity contribution in [2.75, 3.05) is 7.11 Å². The highest BCUT2D eigenvalue weighted by atomic mass is 79.9. The van der Waals surface area contributed by atoms with Crippen LogP contribution in [0.4, 0.5) is 0 Å². The van der Waals surface area contributed by atoms with E-state index in [2.05, 4.69) is 15.9 Å². The van der Waals surface area contributed by atoms with E-state index < -0.39 is 10.3 Å². The van der Waals surface area contributed by atoms with E-state index in [-0.39, 0.29) is 5.78 Å². The molecule has 2 aromatic carbocycles. The molecule has 0 aliphatic carbocycles. The number of esters is 1. The van der Waals surface area contributed by atoms with Crippen molar-refractivity contribution >= 4 is 27.7 Å². The Morgan fingerprint density at radius 2 is 1.45 bits per heavy atom. The first-order chi connectivity index (χ1) is 9.60. The van der Waals surface area contributed by atoms with Crippen LogP contribution in [0, 0.1) is 0 Å². The summed E-state index contributed by atoms with van der Waals surface area (Å²) in [5.41, 5.74) is 0.985. The molecule has 0 N–H and O–H groups in total. The molecule has 0 radical (unpaired) electrons. The summed E-state index contributed by atoms with van der Waals surface area (Å²) in [6.07, 6.45) is 0. The summed E-state index contributed by atoms with van der Waals surface area (Å²) in [6.45, 7) is 0. The first kappa shape index (κ1) is 14.5. The lowest BCUT2D eigenvalue weighted by molar-refractivity contribution is -0.142. The maximum atomic E-state index is 12.7. The number of benzene rings is 2. The highest BCUT2D eigenvalue weighted by molar-refractivity contribution is 9.10. The van der Waals surface area contributed by atoms with E-state index in [4.69, 9.17) is 4.74 Å². The lowest BCUT2D eigenvalue weighted by Gasteiger charge is -2.23. The number of carbonyl (C=O) groups excluding carboxylic acids is 2. The zero-order valence-corrected chi connectivity index (χ0v) is 12.5. The van der Waals surface area contributed by atoms with Gasteiger partial charge in [-0.05, 0) is 5.56 Å². The first-order valence-corrected chi connectivity index (χ1v) is 6.82. The minimum absolute atomic E-state index is 0.351. The van der Waals surface area contributed by atoms with E-state index >= 15 is 0 Å². The van der Waals surface area contributed by atoms with E-state index in [1.165, 1.54) is 7.11 Å². The van der Waals surface area contributed by atoms with Gasteiger partial charge in [0.25, 0.3) is 0 Å². The number of ether oxygens (including phenoxy) is 1. The number of hydrogen-bond acceptors (Lipinski definition) is 3. The van der Waals surface area contributed by atoms with Crippen molar-refractivity contribution in [3.8, 4) is 0 Å². The molecule has 0 bridgehead atoms. The smallest absolute Gasteiger partial charge is 0.335 e. The Morgan fingerprint density at radius 1 is 0.950 bits per heavy atom. The molecule has 0 aromatic heterocycles. The number of Topliss-reactive ketones (excluding diaryl/α,β-unsaturated/α-hetero) is 1. The Kier molecular flexibility index (Phi) is 4.35. The average Bonchev–Trinajstić information content (AvgIpc) is 2.54. The fourth-order valence-corrected chi connectivity index (χ4v) is 2.59. The van der Waals surface area contributed by atoms with Gasteiger partial charge >= 0.3 is 5.97 Å². The van der Waals surface area contributed by atoms with Crippen molar-refractivity contribution in [1.82, 2.24) is 0 Å². The van der Waals surface area contributed by atoms with Gasteiger partial charge in [-0.25, -0.2) is 4.79 Å². The minimum Gasteiger partial charge on any atom is -0.467 e. The lowest BCUT2D eigenvalue weighted by atomic mass is 9.90. The van der Waals surface area contributed by atoms with E-state index in [0.717, 1.165) is 0 Å². The molecule has 0 saturated heterocycles. The third-order valence-electron chi connectivity index (χ3n) is 2.99. The number of alkyl halides is 1. The minimum atomic E-state index is -1.52. The molecule has 2 aromatic rings. The van der Waals surface area contributed by atoms with E-state index in [9.17, 15) is 9.59 Å². The zero-order chi connectivity index (χ0) is 14.6.